The minimum absolute atomic E-state index is 0.0322. The molecule has 5 heterocycles. The van der Waals surface area contributed by atoms with Crippen molar-refractivity contribution in [3.05, 3.63) is 24.2 Å². The monoisotopic (exact) mass is 483 g/mol. The first kappa shape index (κ1) is 22.4. The number of anilines is 2. The number of hydrogen-bond donors (Lipinski definition) is 2. The first-order chi connectivity index (χ1) is 16.6. The summed E-state index contributed by atoms with van der Waals surface area (Å²) < 4.78 is 12.1. The topological polar surface area (TPSA) is 92.6 Å². The largest absolute Gasteiger partial charge is 0.486 e. The molecule has 0 amide bonds. The number of aromatic nitrogens is 3. The maximum Gasteiger partial charge on any atom is 0.175 e. The first-order valence-electron chi connectivity index (χ1n) is 12.5. The highest BCUT2D eigenvalue weighted by Crippen LogP contribution is 2.46. The van der Waals surface area contributed by atoms with Crippen molar-refractivity contribution in [2.24, 2.45) is 5.41 Å². The molecular formula is C25H33N5O3S. The number of hydrogen-bond acceptors (Lipinski definition) is 9. The van der Waals surface area contributed by atoms with Gasteiger partial charge < -0.3 is 24.8 Å². The minimum atomic E-state index is -0.131. The van der Waals surface area contributed by atoms with Gasteiger partial charge in [0.05, 0.1) is 35.9 Å². The molecule has 6 rings (SSSR count). The summed E-state index contributed by atoms with van der Waals surface area (Å²) in [5, 5.41) is 14.5. The smallest absolute Gasteiger partial charge is 0.175 e. The van der Waals surface area contributed by atoms with E-state index in [1.54, 1.807) is 0 Å². The Morgan fingerprint density at radius 1 is 1.18 bits per heavy atom. The maximum atomic E-state index is 10.1. The van der Waals surface area contributed by atoms with E-state index in [9.17, 15) is 5.11 Å². The van der Waals surface area contributed by atoms with Gasteiger partial charge in [0.15, 0.2) is 17.4 Å². The van der Waals surface area contributed by atoms with E-state index in [2.05, 4.69) is 22.1 Å². The summed E-state index contributed by atoms with van der Waals surface area (Å²) in [6.45, 7) is 5.41. The average molecular weight is 484 g/mol. The lowest BCUT2D eigenvalue weighted by Crippen LogP contribution is -2.44. The molecule has 3 aliphatic heterocycles. The normalized spacial score (nSPS) is 24.8. The van der Waals surface area contributed by atoms with E-state index in [1.165, 1.54) is 24.6 Å². The van der Waals surface area contributed by atoms with Crippen molar-refractivity contribution in [1.82, 2.24) is 15.0 Å². The summed E-state index contributed by atoms with van der Waals surface area (Å²) in [5.41, 5.74) is 0.970. The summed E-state index contributed by atoms with van der Waals surface area (Å²) in [5.74, 6) is 2.40. The Kier molecular flexibility index (Phi) is 5.82. The van der Waals surface area contributed by atoms with Crippen LogP contribution in [0.25, 0.3) is 0 Å². The van der Waals surface area contributed by atoms with E-state index in [4.69, 9.17) is 19.4 Å². The summed E-state index contributed by atoms with van der Waals surface area (Å²) >= 11 is 1.51. The molecule has 8 nitrogen and oxygen atoms in total. The van der Waals surface area contributed by atoms with Gasteiger partial charge in [-0.3, -0.25) is 0 Å². The van der Waals surface area contributed by atoms with Crippen molar-refractivity contribution >= 4 is 23.4 Å². The summed E-state index contributed by atoms with van der Waals surface area (Å²) in [6.07, 6.45) is 12.0. The zero-order valence-corrected chi connectivity index (χ0v) is 20.6. The number of piperidine rings is 1. The van der Waals surface area contributed by atoms with Crippen LogP contribution in [-0.2, 0) is 11.3 Å². The zero-order chi connectivity index (χ0) is 23.2. The highest BCUT2D eigenvalue weighted by Gasteiger charge is 2.42. The van der Waals surface area contributed by atoms with Crippen molar-refractivity contribution in [2.75, 3.05) is 36.5 Å². The zero-order valence-electron chi connectivity index (χ0n) is 19.8. The van der Waals surface area contributed by atoms with Crippen molar-refractivity contribution < 1.29 is 14.6 Å². The molecule has 1 saturated carbocycles. The molecule has 3 fully saturated rings. The van der Waals surface area contributed by atoms with Gasteiger partial charge in [0, 0.05) is 19.3 Å². The highest BCUT2D eigenvalue weighted by atomic mass is 32.2. The fourth-order valence-corrected chi connectivity index (χ4v) is 6.94. The van der Waals surface area contributed by atoms with Gasteiger partial charge in [0.1, 0.15) is 17.3 Å². The van der Waals surface area contributed by atoms with E-state index in [-0.39, 0.29) is 12.1 Å². The predicted octanol–water partition coefficient (Wildman–Crippen LogP) is 4.03. The van der Waals surface area contributed by atoms with Crippen molar-refractivity contribution in [1.29, 1.82) is 0 Å². The number of aliphatic hydroxyl groups is 1. The molecule has 2 aromatic heterocycles. The molecule has 182 valence electrons. The van der Waals surface area contributed by atoms with Crippen LogP contribution in [0.2, 0.25) is 0 Å². The molecule has 0 aromatic carbocycles. The van der Waals surface area contributed by atoms with Gasteiger partial charge in [-0.15, -0.1) is 0 Å². The summed E-state index contributed by atoms with van der Waals surface area (Å²) in [6, 6.07) is 1.96. The van der Waals surface area contributed by atoms with Crippen LogP contribution in [-0.4, -0.2) is 58.0 Å². The van der Waals surface area contributed by atoms with Crippen molar-refractivity contribution in [3.8, 4) is 5.75 Å². The second kappa shape index (κ2) is 8.84. The number of nitrogens with one attached hydrogen (secondary N) is 1. The van der Waals surface area contributed by atoms with E-state index >= 15 is 0 Å². The third kappa shape index (κ3) is 4.12. The molecule has 0 radical (unpaired) electrons. The molecule has 0 bridgehead atoms. The number of pyridine rings is 1. The van der Waals surface area contributed by atoms with Crippen LogP contribution in [0.3, 0.4) is 0 Å². The molecule has 4 aliphatic rings. The van der Waals surface area contributed by atoms with Crippen LogP contribution < -0.4 is 15.0 Å². The molecule has 2 N–H and O–H groups in total. The number of fused-ring (bicyclic) bond motifs is 1. The molecule has 2 aromatic rings. The average Bonchev–Trinajstić information content (AvgIpc) is 3.46. The number of nitrogens with zero attached hydrogens (tertiary/aromatic N) is 4. The van der Waals surface area contributed by atoms with Gasteiger partial charge in [-0.05, 0) is 50.5 Å². The Bertz CT molecular complexity index is 1050. The van der Waals surface area contributed by atoms with Gasteiger partial charge in [-0.25, -0.2) is 15.0 Å². The quantitative estimate of drug-likeness (QED) is 0.669. The first-order valence-corrected chi connectivity index (χ1v) is 13.3. The number of rotatable bonds is 4. The Hall–Kier alpha value is -2.10. The van der Waals surface area contributed by atoms with E-state index in [0.717, 1.165) is 79.1 Å². The van der Waals surface area contributed by atoms with Crippen LogP contribution in [0.5, 0.6) is 5.75 Å². The van der Waals surface area contributed by atoms with Gasteiger partial charge in [-0.1, -0.05) is 24.6 Å². The lowest BCUT2D eigenvalue weighted by molar-refractivity contribution is 0.0975. The molecular weight excluding hydrogens is 450 g/mol. The Morgan fingerprint density at radius 3 is 2.74 bits per heavy atom. The third-order valence-corrected chi connectivity index (χ3v) is 8.94. The summed E-state index contributed by atoms with van der Waals surface area (Å²) in [4.78, 5) is 17.3. The fourth-order valence-electron chi connectivity index (χ4n) is 6.08. The minimum Gasteiger partial charge on any atom is -0.486 e. The van der Waals surface area contributed by atoms with Gasteiger partial charge >= 0.3 is 0 Å². The van der Waals surface area contributed by atoms with E-state index < -0.39 is 0 Å². The second-order valence-corrected chi connectivity index (χ2v) is 11.5. The molecule has 1 aliphatic carbocycles. The third-order valence-electron chi connectivity index (χ3n) is 7.99. The highest BCUT2D eigenvalue weighted by molar-refractivity contribution is 7.99. The van der Waals surface area contributed by atoms with Gasteiger partial charge in [0.2, 0.25) is 0 Å². The van der Waals surface area contributed by atoms with Crippen LogP contribution in [0.15, 0.2) is 28.4 Å². The van der Waals surface area contributed by atoms with Gasteiger partial charge in [-0.2, -0.15) is 0 Å². The fraction of sp³-hybridized carbons (Fsp3) is 0.640. The summed E-state index contributed by atoms with van der Waals surface area (Å²) in [7, 11) is 0. The Labute approximate surface area is 204 Å². The SMILES string of the molecule is C[C@H]1CC2(CCN(c3ncc(Sc4ccnc5c4OCC4(CCCC4)N5)nc3CO)CC2)CO1. The molecule has 9 heteroatoms. The van der Waals surface area contributed by atoms with Crippen LogP contribution >= 0.6 is 11.8 Å². The lowest BCUT2D eigenvalue weighted by atomic mass is 9.77. The number of aliphatic hydroxyl groups excluding tert-OH is 1. The van der Waals surface area contributed by atoms with Crippen molar-refractivity contribution in [3.63, 3.8) is 0 Å². The molecule has 2 saturated heterocycles. The van der Waals surface area contributed by atoms with Crippen LogP contribution in [0.1, 0.15) is 57.6 Å². The standard InChI is InChI=1S/C25H33N5O3S/c1-17-12-24(15-32-17)7-10-30(11-8-24)23-18(14-31)28-20(13-27-23)34-19-4-9-26-22-21(19)33-16-25(29-22)5-2-3-6-25/h4,9,13,17,31H,2-3,5-8,10-12,14-16H2,1H3,(H,26,29)/t17-/m0/s1. The predicted molar refractivity (Wildman–Crippen MR) is 131 cm³/mol. The maximum absolute atomic E-state index is 10.1. The van der Waals surface area contributed by atoms with Crippen LogP contribution in [0.4, 0.5) is 11.6 Å². The number of ether oxygens (including phenoxy) is 2. The van der Waals surface area contributed by atoms with E-state index in [0.29, 0.717) is 23.8 Å². The molecule has 1 atom stereocenters. The Morgan fingerprint density at radius 2 is 2.00 bits per heavy atom. The Balaban J connectivity index is 1.18. The van der Waals surface area contributed by atoms with Crippen molar-refractivity contribution in [2.45, 2.75) is 80.0 Å². The van der Waals surface area contributed by atoms with Crippen LogP contribution in [0, 0.1) is 5.41 Å². The molecule has 0 unspecified atom stereocenters. The lowest BCUT2D eigenvalue weighted by Gasteiger charge is -2.39. The molecule has 34 heavy (non-hydrogen) atoms. The second-order valence-electron chi connectivity index (χ2n) is 10.4. The molecule has 2 spiro atoms. The van der Waals surface area contributed by atoms with Gasteiger partial charge in [0.25, 0.3) is 0 Å². The van der Waals surface area contributed by atoms with E-state index in [1.807, 2.05) is 18.5 Å².